The van der Waals surface area contributed by atoms with Crippen molar-refractivity contribution in [2.75, 3.05) is 6.61 Å². The first-order chi connectivity index (χ1) is 14.4. The molecule has 0 saturated carbocycles. The van der Waals surface area contributed by atoms with Gasteiger partial charge in [0.05, 0.1) is 22.5 Å². The van der Waals surface area contributed by atoms with Crippen LogP contribution in [0, 0.1) is 0 Å². The Balaban J connectivity index is 1.66. The number of rotatable bonds is 6. The van der Waals surface area contributed by atoms with Crippen molar-refractivity contribution < 1.29 is 13.2 Å². The molecule has 0 amide bonds. The average Bonchev–Trinajstić information content (AvgIpc) is 3.14. The van der Waals surface area contributed by atoms with Crippen LogP contribution in [0.2, 0.25) is 0 Å². The molecule has 3 N–H and O–H groups in total. The number of primary sulfonamides is 1. The van der Waals surface area contributed by atoms with Gasteiger partial charge in [0.15, 0.2) is 0 Å². The summed E-state index contributed by atoms with van der Waals surface area (Å²) in [6.45, 7) is 2.57. The first-order valence-corrected chi connectivity index (χ1v) is 11.0. The van der Waals surface area contributed by atoms with Gasteiger partial charge in [0.1, 0.15) is 11.6 Å². The van der Waals surface area contributed by atoms with Crippen LogP contribution in [-0.2, 0) is 10.0 Å². The van der Waals surface area contributed by atoms with Crippen molar-refractivity contribution in [2.45, 2.75) is 11.8 Å². The highest BCUT2D eigenvalue weighted by molar-refractivity contribution is 7.89. The van der Waals surface area contributed by atoms with Crippen LogP contribution in [0.5, 0.6) is 5.75 Å². The minimum absolute atomic E-state index is 0.0918. The quantitative estimate of drug-likeness (QED) is 0.482. The zero-order valence-electron chi connectivity index (χ0n) is 16.4. The summed E-state index contributed by atoms with van der Waals surface area (Å²) in [6.07, 6.45) is 3.85. The number of hydrogen-bond acceptors (Lipinski definition) is 4. The molecule has 6 nitrogen and oxygen atoms in total. The molecule has 0 aliphatic heterocycles. The topological polar surface area (TPSA) is 98.1 Å². The summed E-state index contributed by atoms with van der Waals surface area (Å²) in [5.41, 5.74) is 3.88. The van der Waals surface area contributed by atoms with Gasteiger partial charge in [0, 0.05) is 5.56 Å². The van der Waals surface area contributed by atoms with Crippen LogP contribution in [0.1, 0.15) is 18.3 Å². The number of aromatic amines is 1. The molecule has 4 rings (SSSR count). The monoisotopic (exact) mass is 419 g/mol. The van der Waals surface area contributed by atoms with Crippen LogP contribution < -0.4 is 9.88 Å². The van der Waals surface area contributed by atoms with Crippen LogP contribution in [-0.4, -0.2) is 25.0 Å². The lowest BCUT2D eigenvalue weighted by Crippen LogP contribution is -2.13. The van der Waals surface area contributed by atoms with E-state index in [2.05, 4.69) is 9.97 Å². The molecule has 0 unspecified atom stereocenters. The maximum absolute atomic E-state index is 11.9. The van der Waals surface area contributed by atoms with E-state index in [0.717, 1.165) is 27.9 Å². The molecule has 0 saturated heterocycles. The summed E-state index contributed by atoms with van der Waals surface area (Å²) in [7, 11) is -3.83. The lowest BCUT2D eigenvalue weighted by molar-refractivity contribution is 0.340. The predicted octanol–water partition coefficient (Wildman–Crippen LogP) is 4.45. The van der Waals surface area contributed by atoms with Crippen molar-refractivity contribution in [3.63, 3.8) is 0 Å². The predicted molar refractivity (Wildman–Crippen MR) is 119 cm³/mol. The maximum Gasteiger partial charge on any atom is 0.238 e. The Morgan fingerprint density at radius 2 is 1.87 bits per heavy atom. The number of nitrogens with one attached hydrogen (secondary N) is 1. The van der Waals surface area contributed by atoms with Crippen molar-refractivity contribution in [3.8, 4) is 16.9 Å². The smallest absolute Gasteiger partial charge is 0.238 e. The van der Waals surface area contributed by atoms with E-state index in [9.17, 15) is 8.42 Å². The van der Waals surface area contributed by atoms with Gasteiger partial charge in [0.2, 0.25) is 10.0 Å². The van der Waals surface area contributed by atoms with E-state index >= 15 is 0 Å². The molecule has 3 aromatic carbocycles. The molecule has 30 heavy (non-hydrogen) atoms. The number of sulfonamides is 1. The van der Waals surface area contributed by atoms with Gasteiger partial charge in [-0.15, -0.1) is 0 Å². The number of benzene rings is 3. The fraction of sp³-hybridized carbons (Fsp3) is 0.0870. The Hall–Kier alpha value is -3.42. The highest BCUT2D eigenvalue weighted by Crippen LogP contribution is 2.29. The zero-order valence-corrected chi connectivity index (χ0v) is 17.2. The molecule has 0 bridgehead atoms. The Morgan fingerprint density at radius 3 is 2.67 bits per heavy atom. The molecule has 0 aliphatic carbocycles. The molecule has 0 fully saturated rings. The summed E-state index contributed by atoms with van der Waals surface area (Å²) >= 11 is 0. The first-order valence-electron chi connectivity index (χ1n) is 9.47. The van der Waals surface area contributed by atoms with Gasteiger partial charge < -0.3 is 9.72 Å². The fourth-order valence-corrected chi connectivity index (χ4v) is 4.04. The third kappa shape index (κ3) is 4.27. The lowest BCUT2D eigenvalue weighted by Gasteiger charge is -2.07. The highest BCUT2D eigenvalue weighted by atomic mass is 32.2. The van der Waals surface area contributed by atoms with Crippen molar-refractivity contribution in [2.24, 2.45) is 5.14 Å². The Morgan fingerprint density at radius 1 is 1.03 bits per heavy atom. The van der Waals surface area contributed by atoms with Crippen molar-refractivity contribution >= 4 is 33.2 Å². The summed E-state index contributed by atoms with van der Waals surface area (Å²) in [6, 6.07) is 20.1. The molecule has 0 atom stereocenters. The molecular weight excluding hydrogens is 398 g/mol. The number of H-pyrrole nitrogens is 1. The van der Waals surface area contributed by atoms with Gasteiger partial charge in [0.25, 0.3) is 0 Å². The van der Waals surface area contributed by atoms with Gasteiger partial charge in [-0.2, -0.15) is 0 Å². The summed E-state index contributed by atoms with van der Waals surface area (Å²) in [5.74, 6) is 1.52. The number of fused-ring (bicyclic) bond motifs is 1. The van der Waals surface area contributed by atoms with E-state index in [4.69, 9.17) is 9.88 Å². The second kappa shape index (κ2) is 8.14. The second-order valence-corrected chi connectivity index (χ2v) is 8.26. The van der Waals surface area contributed by atoms with Gasteiger partial charge in [-0.3, -0.25) is 0 Å². The summed E-state index contributed by atoms with van der Waals surface area (Å²) < 4.78 is 29.4. The Labute approximate surface area is 175 Å². The van der Waals surface area contributed by atoms with Crippen molar-refractivity contribution in [1.82, 2.24) is 9.97 Å². The number of nitrogens with two attached hydrogens (primary N) is 1. The Bertz CT molecular complexity index is 1340. The number of aromatic nitrogens is 2. The highest BCUT2D eigenvalue weighted by Gasteiger charge is 2.15. The van der Waals surface area contributed by atoms with E-state index in [0.29, 0.717) is 18.0 Å². The van der Waals surface area contributed by atoms with Gasteiger partial charge >= 0.3 is 0 Å². The number of hydrogen-bond donors (Lipinski definition) is 2. The van der Waals surface area contributed by atoms with Crippen LogP contribution in [0.15, 0.2) is 71.6 Å². The molecule has 4 aromatic rings. The minimum Gasteiger partial charge on any atom is -0.494 e. The Kier molecular flexibility index (Phi) is 5.39. The van der Waals surface area contributed by atoms with E-state index in [1.807, 2.05) is 61.5 Å². The average molecular weight is 420 g/mol. The number of ether oxygens (including phenoxy) is 1. The molecule has 0 aliphatic rings. The minimum atomic E-state index is -3.83. The van der Waals surface area contributed by atoms with Crippen LogP contribution >= 0.6 is 0 Å². The summed E-state index contributed by atoms with van der Waals surface area (Å²) in [4.78, 5) is 7.96. The lowest BCUT2D eigenvalue weighted by atomic mass is 10.1. The second-order valence-electron chi connectivity index (χ2n) is 6.73. The van der Waals surface area contributed by atoms with Crippen LogP contribution in [0.25, 0.3) is 34.3 Å². The van der Waals surface area contributed by atoms with Crippen LogP contribution in [0.4, 0.5) is 0 Å². The third-order valence-corrected chi connectivity index (χ3v) is 5.58. The molecule has 0 spiro atoms. The molecule has 1 heterocycles. The normalized spacial score (nSPS) is 11.9. The van der Waals surface area contributed by atoms with E-state index in [-0.39, 0.29) is 4.90 Å². The van der Waals surface area contributed by atoms with Gasteiger partial charge in [-0.05, 0) is 54.5 Å². The SMILES string of the molecule is CCOc1cccc(C=Cc2nc3cc(-c4ccccc4S(N)(=O)=O)ccc3[nH]2)c1. The molecule has 1 aromatic heterocycles. The third-order valence-electron chi connectivity index (χ3n) is 4.61. The number of nitrogens with zero attached hydrogens (tertiary/aromatic N) is 1. The van der Waals surface area contributed by atoms with E-state index in [1.54, 1.807) is 18.2 Å². The zero-order chi connectivity index (χ0) is 21.1. The van der Waals surface area contributed by atoms with Crippen molar-refractivity contribution in [1.29, 1.82) is 0 Å². The molecular formula is C23H21N3O3S. The molecule has 7 heteroatoms. The van der Waals surface area contributed by atoms with E-state index in [1.165, 1.54) is 6.07 Å². The number of imidazole rings is 1. The van der Waals surface area contributed by atoms with Gasteiger partial charge in [-0.1, -0.05) is 42.5 Å². The van der Waals surface area contributed by atoms with Crippen LogP contribution in [0.3, 0.4) is 0 Å². The standard InChI is InChI=1S/C23H21N3O3S/c1-2-29-18-7-5-6-16(14-18)10-13-23-25-20-12-11-17(15-21(20)26-23)19-8-3-4-9-22(19)30(24,27)28/h3-15H,2H2,1H3,(H,25,26)(H2,24,27,28). The first kappa shape index (κ1) is 19.9. The van der Waals surface area contributed by atoms with Gasteiger partial charge in [-0.25, -0.2) is 18.5 Å². The fourth-order valence-electron chi connectivity index (χ4n) is 3.28. The van der Waals surface area contributed by atoms with Crippen molar-refractivity contribution in [3.05, 3.63) is 78.1 Å². The molecule has 152 valence electrons. The largest absolute Gasteiger partial charge is 0.494 e. The maximum atomic E-state index is 11.9. The molecule has 0 radical (unpaired) electrons. The van der Waals surface area contributed by atoms with E-state index < -0.39 is 10.0 Å². The summed E-state index contributed by atoms with van der Waals surface area (Å²) in [5, 5.41) is 5.37.